The molecule has 3 rings (SSSR count). The van der Waals surface area contributed by atoms with Gasteiger partial charge in [0.25, 0.3) is 5.91 Å². The Balaban J connectivity index is 1.81. The average molecular weight is 317 g/mol. The Hall–Kier alpha value is -3.34. The Kier molecular flexibility index (Phi) is 4.72. The van der Waals surface area contributed by atoms with Crippen molar-refractivity contribution in [1.82, 2.24) is 15.5 Å². The third-order valence-corrected chi connectivity index (χ3v) is 3.55. The first-order chi connectivity index (χ1) is 11.8. The van der Waals surface area contributed by atoms with Crippen molar-refractivity contribution in [3.05, 3.63) is 95.3 Å². The summed E-state index contributed by atoms with van der Waals surface area (Å²) in [6, 6.07) is 18.3. The average Bonchev–Trinajstić information content (AvgIpc) is 2.67. The third-order valence-electron chi connectivity index (χ3n) is 3.55. The standard InChI is InChI=1S/C19H15N3O2/c23-18(15-9-5-2-6-10-15)16-12-21-22-13-17(16)19(24)20-11-14-7-3-1-4-8-14/h1-10,12-13H,11H2,(H,20,24). The summed E-state index contributed by atoms with van der Waals surface area (Å²) in [5.74, 6) is -0.608. The van der Waals surface area contributed by atoms with Gasteiger partial charge in [0.05, 0.1) is 23.5 Å². The van der Waals surface area contributed by atoms with E-state index < -0.39 is 0 Å². The van der Waals surface area contributed by atoms with E-state index in [4.69, 9.17) is 0 Å². The molecule has 3 aromatic rings. The van der Waals surface area contributed by atoms with Crippen LogP contribution in [-0.2, 0) is 6.54 Å². The number of amides is 1. The van der Waals surface area contributed by atoms with Gasteiger partial charge in [0.2, 0.25) is 0 Å². The highest BCUT2D eigenvalue weighted by Crippen LogP contribution is 2.13. The van der Waals surface area contributed by atoms with Crippen LogP contribution in [0.15, 0.2) is 73.1 Å². The largest absolute Gasteiger partial charge is 0.348 e. The van der Waals surface area contributed by atoms with E-state index in [1.54, 1.807) is 24.3 Å². The van der Waals surface area contributed by atoms with Gasteiger partial charge in [-0.3, -0.25) is 9.59 Å². The number of rotatable bonds is 5. The molecule has 1 heterocycles. The van der Waals surface area contributed by atoms with Crippen molar-refractivity contribution >= 4 is 11.7 Å². The van der Waals surface area contributed by atoms with Crippen molar-refractivity contribution < 1.29 is 9.59 Å². The fourth-order valence-corrected chi connectivity index (χ4v) is 2.30. The van der Waals surface area contributed by atoms with Gasteiger partial charge in [-0.15, -0.1) is 0 Å². The number of benzene rings is 2. The van der Waals surface area contributed by atoms with Gasteiger partial charge in [-0.2, -0.15) is 10.2 Å². The molecule has 118 valence electrons. The van der Waals surface area contributed by atoms with Crippen molar-refractivity contribution in [1.29, 1.82) is 0 Å². The van der Waals surface area contributed by atoms with Gasteiger partial charge in [-0.25, -0.2) is 0 Å². The number of nitrogens with one attached hydrogen (secondary N) is 1. The maximum atomic E-state index is 12.6. The van der Waals surface area contributed by atoms with Gasteiger partial charge in [-0.05, 0) is 5.56 Å². The Morgan fingerprint density at radius 1 is 0.792 bits per heavy atom. The minimum Gasteiger partial charge on any atom is -0.348 e. The molecule has 0 spiro atoms. The zero-order chi connectivity index (χ0) is 16.8. The number of carbonyl (C=O) groups excluding carboxylic acids is 2. The molecule has 0 bridgehead atoms. The summed E-state index contributed by atoms with van der Waals surface area (Å²) < 4.78 is 0. The van der Waals surface area contributed by atoms with Crippen molar-refractivity contribution in [3.8, 4) is 0 Å². The number of hydrogen-bond donors (Lipinski definition) is 1. The number of nitrogens with zero attached hydrogens (tertiary/aromatic N) is 2. The Morgan fingerprint density at radius 3 is 2.04 bits per heavy atom. The molecule has 0 saturated carbocycles. The smallest absolute Gasteiger partial charge is 0.253 e. The summed E-state index contributed by atoms with van der Waals surface area (Å²) in [7, 11) is 0. The lowest BCUT2D eigenvalue weighted by Crippen LogP contribution is -2.25. The lowest BCUT2D eigenvalue weighted by atomic mass is 10.0. The fourth-order valence-electron chi connectivity index (χ4n) is 2.30. The maximum absolute atomic E-state index is 12.6. The summed E-state index contributed by atoms with van der Waals surface area (Å²) in [6.07, 6.45) is 2.64. The van der Waals surface area contributed by atoms with Crippen molar-refractivity contribution in [2.24, 2.45) is 0 Å². The first-order valence-corrected chi connectivity index (χ1v) is 7.48. The molecule has 0 aliphatic carbocycles. The van der Waals surface area contributed by atoms with Crippen molar-refractivity contribution in [3.63, 3.8) is 0 Å². The zero-order valence-corrected chi connectivity index (χ0v) is 12.8. The highest BCUT2D eigenvalue weighted by atomic mass is 16.2. The number of carbonyl (C=O) groups is 2. The molecule has 1 aromatic heterocycles. The van der Waals surface area contributed by atoms with Gasteiger partial charge >= 0.3 is 0 Å². The van der Waals surface area contributed by atoms with Gasteiger partial charge in [0, 0.05) is 12.1 Å². The second kappa shape index (κ2) is 7.28. The van der Waals surface area contributed by atoms with Gasteiger partial charge in [0.1, 0.15) is 0 Å². The molecule has 24 heavy (non-hydrogen) atoms. The molecule has 0 atom stereocenters. The lowest BCUT2D eigenvalue weighted by molar-refractivity contribution is 0.0939. The first kappa shape index (κ1) is 15.6. The molecule has 5 nitrogen and oxygen atoms in total. The number of ketones is 1. The summed E-state index contributed by atoms with van der Waals surface area (Å²) in [4.78, 5) is 25.0. The van der Waals surface area contributed by atoms with Crippen LogP contribution < -0.4 is 5.32 Å². The fraction of sp³-hybridized carbons (Fsp3) is 0.0526. The first-order valence-electron chi connectivity index (χ1n) is 7.48. The van der Waals surface area contributed by atoms with Crippen LogP contribution in [-0.4, -0.2) is 21.9 Å². The van der Waals surface area contributed by atoms with E-state index in [2.05, 4.69) is 15.5 Å². The number of hydrogen-bond acceptors (Lipinski definition) is 4. The molecule has 0 aliphatic heterocycles. The predicted octanol–water partition coefficient (Wildman–Crippen LogP) is 2.64. The van der Waals surface area contributed by atoms with E-state index in [9.17, 15) is 9.59 Å². The van der Waals surface area contributed by atoms with Crippen LogP contribution in [0, 0.1) is 0 Å². The van der Waals surface area contributed by atoms with Crippen molar-refractivity contribution in [2.75, 3.05) is 0 Å². The Morgan fingerprint density at radius 2 is 1.38 bits per heavy atom. The Bertz CT molecular complexity index is 849. The van der Waals surface area contributed by atoms with Crippen LogP contribution in [0.1, 0.15) is 31.8 Å². The van der Waals surface area contributed by atoms with E-state index in [0.717, 1.165) is 5.56 Å². The third kappa shape index (κ3) is 3.52. The lowest BCUT2D eigenvalue weighted by Gasteiger charge is -2.09. The predicted molar refractivity (Wildman–Crippen MR) is 89.5 cm³/mol. The molecule has 0 unspecified atom stereocenters. The monoisotopic (exact) mass is 317 g/mol. The molecule has 5 heteroatoms. The molecular weight excluding hydrogens is 302 g/mol. The molecule has 0 radical (unpaired) electrons. The van der Waals surface area contributed by atoms with Gasteiger partial charge < -0.3 is 5.32 Å². The maximum Gasteiger partial charge on any atom is 0.253 e. The van der Waals surface area contributed by atoms with E-state index >= 15 is 0 Å². The van der Waals surface area contributed by atoms with E-state index in [-0.39, 0.29) is 22.8 Å². The van der Waals surface area contributed by atoms with Crippen LogP contribution in [0.4, 0.5) is 0 Å². The minimum atomic E-state index is -0.354. The van der Waals surface area contributed by atoms with Gasteiger partial charge in [-0.1, -0.05) is 60.7 Å². The second-order valence-electron chi connectivity index (χ2n) is 5.18. The molecule has 2 aromatic carbocycles. The van der Waals surface area contributed by atoms with Gasteiger partial charge in [0.15, 0.2) is 5.78 Å². The quantitative estimate of drug-likeness (QED) is 0.734. The van der Waals surface area contributed by atoms with Crippen molar-refractivity contribution in [2.45, 2.75) is 6.54 Å². The molecule has 1 N–H and O–H groups in total. The summed E-state index contributed by atoms with van der Waals surface area (Å²) in [6.45, 7) is 0.376. The van der Waals surface area contributed by atoms with E-state index in [0.29, 0.717) is 12.1 Å². The second-order valence-corrected chi connectivity index (χ2v) is 5.18. The summed E-state index contributed by atoms with van der Waals surface area (Å²) in [5.41, 5.74) is 1.93. The number of aromatic nitrogens is 2. The minimum absolute atomic E-state index is 0.217. The van der Waals surface area contributed by atoms with Crippen LogP contribution in [0.2, 0.25) is 0 Å². The highest BCUT2D eigenvalue weighted by Gasteiger charge is 2.19. The molecular formula is C19H15N3O2. The zero-order valence-electron chi connectivity index (χ0n) is 12.8. The Labute approximate surface area is 139 Å². The van der Waals surface area contributed by atoms with Crippen LogP contribution >= 0.6 is 0 Å². The molecule has 0 aliphatic rings. The topological polar surface area (TPSA) is 72.0 Å². The molecule has 1 amide bonds. The SMILES string of the molecule is O=C(NCc1ccccc1)c1cnncc1C(=O)c1ccccc1. The van der Waals surface area contributed by atoms with E-state index in [1.807, 2.05) is 36.4 Å². The van der Waals surface area contributed by atoms with Crippen LogP contribution in [0.25, 0.3) is 0 Å². The highest BCUT2D eigenvalue weighted by molar-refractivity contribution is 6.14. The van der Waals surface area contributed by atoms with Crippen LogP contribution in [0.5, 0.6) is 0 Å². The van der Waals surface area contributed by atoms with Crippen LogP contribution in [0.3, 0.4) is 0 Å². The summed E-state index contributed by atoms with van der Waals surface area (Å²) >= 11 is 0. The van der Waals surface area contributed by atoms with E-state index in [1.165, 1.54) is 12.4 Å². The summed E-state index contributed by atoms with van der Waals surface area (Å²) in [5, 5.41) is 10.3. The molecule has 0 saturated heterocycles. The molecule has 0 fully saturated rings. The normalized spacial score (nSPS) is 10.2.